The lowest BCUT2D eigenvalue weighted by atomic mass is 10.2. The second-order valence-electron chi connectivity index (χ2n) is 5.74. The van der Waals surface area contributed by atoms with Crippen LogP contribution in [0.2, 0.25) is 0 Å². The highest BCUT2D eigenvalue weighted by molar-refractivity contribution is 7.09. The molecule has 3 aromatic rings. The molecule has 0 aliphatic heterocycles. The highest BCUT2D eigenvalue weighted by Gasteiger charge is 2.26. The first-order valence-corrected chi connectivity index (χ1v) is 8.48. The first-order valence-electron chi connectivity index (χ1n) is 7.60. The topological polar surface area (TPSA) is 39.9 Å². The predicted molar refractivity (Wildman–Crippen MR) is 86.2 cm³/mol. The molecule has 118 valence electrons. The van der Waals surface area contributed by atoms with E-state index in [4.69, 9.17) is 4.74 Å². The second kappa shape index (κ2) is 6.12. The molecule has 6 heteroatoms. The van der Waals surface area contributed by atoms with Crippen molar-refractivity contribution in [2.75, 3.05) is 0 Å². The summed E-state index contributed by atoms with van der Waals surface area (Å²) in [6.45, 7) is 1.05. The molecule has 0 atom stereocenters. The Morgan fingerprint density at radius 2 is 2.09 bits per heavy atom. The van der Waals surface area contributed by atoms with Crippen molar-refractivity contribution in [1.29, 1.82) is 0 Å². The summed E-state index contributed by atoms with van der Waals surface area (Å²) < 4.78 is 20.4. The SMILES string of the molecule is Fc1ccc(Cn2cc(OCc3csc(C4CC4)n3)cn2)cc1. The van der Waals surface area contributed by atoms with Crippen molar-refractivity contribution < 1.29 is 9.13 Å². The molecule has 0 N–H and O–H groups in total. The first-order chi connectivity index (χ1) is 11.3. The third kappa shape index (κ3) is 3.59. The standard InChI is InChI=1S/C17H16FN3OS/c18-14-5-1-12(2-6-14)8-21-9-16(7-19-21)22-10-15-11-23-17(20-15)13-3-4-13/h1-2,5-7,9,11,13H,3-4,8,10H2. The lowest BCUT2D eigenvalue weighted by Crippen LogP contribution is -2.00. The van der Waals surface area contributed by atoms with Gasteiger partial charge in [0.05, 0.1) is 29.6 Å². The van der Waals surface area contributed by atoms with Gasteiger partial charge < -0.3 is 4.74 Å². The van der Waals surface area contributed by atoms with Crippen LogP contribution < -0.4 is 4.74 Å². The number of hydrogen-bond donors (Lipinski definition) is 0. The lowest BCUT2D eigenvalue weighted by Gasteiger charge is -2.02. The number of hydrogen-bond acceptors (Lipinski definition) is 4. The van der Waals surface area contributed by atoms with E-state index in [9.17, 15) is 4.39 Å². The normalized spacial score (nSPS) is 14.1. The quantitative estimate of drug-likeness (QED) is 0.687. The van der Waals surface area contributed by atoms with Crippen LogP contribution in [-0.4, -0.2) is 14.8 Å². The fraction of sp³-hybridized carbons (Fsp3) is 0.294. The van der Waals surface area contributed by atoms with E-state index in [2.05, 4.69) is 15.5 Å². The summed E-state index contributed by atoms with van der Waals surface area (Å²) in [6.07, 6.45) is 6.07. The van der Waals surface area contributed by atoms with Gasteiger partial charge in [0, 0.05) is 11.3 Å². The molecular weight excluding hydrogens is 313 g/mol. The van der Waals surface area contributed by atoms with E-state index >= 15 is 0 Å². The maximum atomic E-state index is 12.9. The molecular formula is C17H16FN3OS. The lowest BCUT2D eigenvalue weighted by molar-refractivity contribution is 0.301. The van der Waals surface area contributed by atoms with Gasteiger partial charge in [-0.05, 0) is 30.5 Å². The molecule has 2 aromatic heterocycles. The van der Waals surface area contributed by atoms with Crippen LogP contribution in [0.4, 0.5) is 4.39 Å². The van der Waals surface area contributed by atoms with Gasteiger partial charge in [0.15, 0.2) is 5.75 Å². The Labute approximate surface area is 137 Å². The third-order valence-corrected chi connectivity index (χ3v) is 4.81. The second-order valence-corrected chi connectivity index (χ2v) is 6.63. The molecule has 4 nitrogen and oxygen atoms in total. The molecule has 0 radical (unpaired) electrons. The van der Waals surface area contributed by atoms with Gasteiger partial charge in [-0.2, -0.15) is 5.10 Å². The molecule has 4 rings (SSSR count). The first kappa shape index (κ1) is 14.4. The van der Waals surface area contributed by atoms with Gasteiger partial charge in [-0.1, -0.05) is 12.1 Å². The number of thiazole rings is 1. The Hall–Kier alpha value is -2.21. The van der Waals surface area contributed by atoms with Gasteiger partial charge in [-0.25, -0.2) is 9.37 Å². The summed E-state index contributed by atoms with van der Waals surface area (Å²) in [5, 5.41) is 7.57. The Morgan fingerprint density at radius 3 is 2.87 bits per heavy atom. The van der Waals surface area contributed by atoms with Crippen LogP contribution in [0.15, 0.2) is 42.0 Å². The van der Waals surface area contributed by atoms with E-state index in [1.807, 2.05) is 6.20 Å². The average molecular weight is 329 g/mol. The summed E-state index contributed by atoms with van der Waals surface area (Å²) in [5.41, 5.74) is 1.97. The third-order valence-electron chi connectivity index (χ3n) is 3.75. The molecule has 0 bridgehead atoms. The van der Waals surface area contributed by atoms with Gasteiger partial charge in [-0.15, -0.1) is 11.3 Å². The number of ether oxygens (including phenoxy) is 1. The molecule has 1 saturated carbocycles. The molecule has 23 heavy (non-hydrogen) atoms. The van der Waals surface area contributed by atoms with Crippen molar-refractivity contribution in [3.8, 4) is 5.75 Å². The van der Waals surface area contributed by atoms with E-state index in [0.29, 0.717) is 24.8 Å². The average Bonchev–Trinajstić information content (AvgIpc) is 3.13. The number of aromatic nitrogens is 3. The maximum absolute atomic E-state index is 12.9. The van der Waals surface area contributed by atoms with Crippen molar-refractivity contribution in [2.45, 2.75) is 31.9 Å². The van der Waals surface area contributed by atoms with E-state index in [1.54, 1.807) is 34.3 Å². The molecule has 0 saturated heterocycles. The molecule has 1 aromatic carbocycles. The van der Waals surface area contributed by atoms with Crippen LogP contribution in [0.25, 0.3) is 0 Å². The van der Waals surface area contributed by atoms with Gasteiger partial charge in [0.2, 0.25) is 0 Å². The molecule has 2 heterocycles. The van der Waals surface area contributed by atoms with Crippen LogP contribution >= 0.6 is 11.3 Å². The van der Waals surface area contributed by atoms with Crippen molar-refractivity contribution in [3.05, 3.63) is 64.1 Å². The Kier molecular flexibility index (Phi) is 3.83. The fourth-order valence-electron chi connectivity index (χ4n) is 2.35. The van der Waals surface area contributed by atoms with Crippen molar-refractivity contribution >= 4 is 11.3 Å². The predicted octanol–water partition coefficient (Wildman–Crippen LogP) is 3.98. The van der Waals surface area contributed by atoms with Crippen molar-refractivity contribution in [1.82, 2.24) is 14.8 Å². The number of nitrogens with zero attached hydrogens (tertiary/aromatic N) is 3. The van der Waals surface area contributed by atoms with Crippen molar-refractivity contribution in [3.63, 3.8) is 0 Å². The molecule has 0 unspecified atom stereocenters. The van der Waals surface area contributed by atoms with Crippen molar-refractivity contribution in [2.24, 2.45) is 0 Å². The zero-order valence-electron chi connectivity index (χ0n) is 12.5. The highest BCUT2D eigenvalue weighted by Crippen LogP contribution is 2.41. The van der Waals surface area contributed by atoms with Crippen LogP contribution in [0.1, 0.15) is 35.0 Å². The fourth-order valence-corrected chi connectivity index (χ4v) is 3.32. The molecule has 1 aliphatic carbocycles. The van der Waals surface area contributed by atoms with Crippen LogP contribution in [-0.2, 0) is 13.2 Å². The zero-order valence-corrected chi connectivity index (χ0v) is 13.3. The number of benzene rings is 1. The molecule has 1 aliphatic rings. The summed E-state index contributed by atoms with van der Waals surface area (Å²) in [7, 11) is 0. The zero-order chi connectivity index (χ0) is 15.6. The minimum Gasteiger partial charge on any atom is -0.484 e. The Morgan fingerprint density at radius 1 is 1.26 bits per heavy atom. The molecule has 0 spiro atoms. The van der Waals surface area contributed by atoms with E-state index in [1.165, 1.54) is 30.0 Å². The molecule has 0 amide bonds. The minimum atomic E-state index is -0.230. The van der Waals surface area contributed by atoms with Gasteiger partial charge >= 0.3 is 0 Å². The largest absolute Gasteiger partial charge is 0.484 e. The smallest absolute Gasteiger partial charge is 0.157 e. The van der Waals surface area contributed by atoms with Gasteiger partial charge in [0.1, 0.15) is 12.4 Å². The summed E-state index contributed by atoms with van der Waals surface area (Å²) >= 11 is 1.72. The van der Waals surface area contributed by atoms with Crippen LogP contribution in [0.5, 0.6) is 5.75 Å². The summed E-state index contributed by atoms with van der Waals surface area (Å²) in [5.74, 6) is 1.17. The summed E-state index contributed by atoms with van der Waals surface area (Å²) in [6, 6.07) is 6.42. The number of rotatable bonds is 6. The Balaban J connectivity index is 1.34. The van der Waals surface area contributed by atoms with E-state index in [-0.39, 0.29) is 5.82 Å². The van der Waals surface area contributed by atoms with Gasteiger partial charge in [0.25, 0.3) is 0 Å². The molecule has 1 fully saturated rings. The maximum Gasteiger partial charge on any atom is 0.157 e. The number of halogens is 1. The van der Waals surface area contributed by atoms with Crippen LogP contribution in [0.3, 0.4) is 0 Å². The minimum absolute atomic E-state index is 0.230. The van der Waals surface area contributed by atoms with Gasteiger partial charge in [-0.3, -0.25) is 4.68 Å². The van der Waals surface area contributed by atoms with Crippen LogP contribution in [0, 0.1) is 5.82 Å². The van der Waals surface area contributed by atoms with E-state index in [0.717, 1.165) is 11.3 Å². The monoisotopic (exact) mass is 329 g/mol. The Bertz CT molecular complexity index is 792. The summed E-state index contributed by atoms with van der Waals surface area (Å²) in [4.78, 5) is 4.60. The van der Waals surface area contributed by atoms with E-state index < -0.39 is 0 Å². The highest BCUT2D eigenvalue weighted by atomic mass is 32.1.